The molecule has 0 unspecified atom stereocenters. The maximum Gasteiger partial charge on any atom is 0.408 e. The molecular formula is C12H21NO4. The van der Waals surface area contributed by atoms with Crippen molar-refractivity contribution in [1.82, 2.24) is 5.32 Å². The van der Waals surface area contributed by atoms with Gasteiger partial charge in [-0.25, -0.2) is 4.79 Å². The van der Waals surface area contributed by atoms with Gasteiger partial charge in [0.25, 0.3) is 0 Å². The number of carbonyl (C=O) groups is 1. The van der Waals surface area contributed by atoms with Gasteiger partial charge in [-0.3, -0.25) is 0 Å². The molecule has 0 aromatic heterocycles. The van der Waals surface area contributed by atoms with E-state index in [0.717, 1.165) is 0 Å². The average molecular weight is 243 g/mol. The molecule has 1 rings (SSSR count). The summed E-state index contributed by atoms with van der Waals surface area (Å²) in [5.41, 5.74) is -0.544. The van der Waals surface area contributed by atoms with Crippen LogP contribution in [0.5, 0.6) is 0 Å². The number of amides is 1. The summed E-state index contributed by atoms with van der Waals surface area (Å²) >= 11 is 0. The molecule has 0 bridgehead atoms. The van der Waals surface area contributed by atoms with Crippen molar-refractivity contribution in [1.29, 1.82) is 0 Å². The summed E-state index contributed by atoms with van der Waals surface area (Å²) in [5.74, 6) is 0. The molecule has 2 atom stereocenters. The zero-order chi connectivity index (χ0) is 12.9. The van der Waals surface area contributed by atoms with Crippen LogP contribution in [0, 0.1) is 0 Å². The fourth-order valence-corrected chi connectivity index (χ4v) is 1.54. The van der Waals surface area contributed by atoms with Crippen LogP contribution in [0.3, 0.4) is 0 Å². The van der Waals surface area contributed by atoms with Gasteiger partial charge in [-0.1, -0.05) is 12.2 Å². The third kappa shape index (κ3) is 5.19. The summed E-state index contributed by atoms with van der Waals surface area (Å²) in [7, 11) is 0. The first kappa shape index (κ1) is 14.0. The van der Waals surface area contributed by atoms with Gasteiger partial charge in [0.1, 0.15) is 5.60 Å². The smallest absolute Gasteiger partial charge is 0.408 e. The van der Waals surface area contributed by atoms with Gasteiger partial charge in [0.05, 0.1) is 25.4 Å². The van der Waals surface area contributed by atoms with Crippen LogP contribution in [0.15, 0.2) is 12.2 Å². The van der Waals surface area contributed by atoms with Crippen molar-refractivity contribution in [2.24, 2.45) is 0 Å². The van der Waals surface area contributed by atoms with E-state index < -0.39 is 17.7 Å². The Morgan fingerprint density at radius 2 is 2.29 bits per heavy atom. The van der Waals surface area contributed by atoms with Crippen molar-refractivity contribution in [2.45, 2.75) is 44.9 Å². The molecule has 0 aromatic rings. The van der Waals surface area contributed by atoms with Crippen molar-refractivity contribution in [2.75, 3.05) is 13.2 Å². The number of rotatable bonds is 3. The van der Waals surface area contributed by atoms with Crippen LogP contribution in [0.2, 0.25) is 0 Å². The lowest BCUT2D eigenvalue weighted by Gasteiger charge is -2.28. The maximum atomic E-state index is 11.6. The van der Waals surface area contributed by atoms with Gasteiger partial charge in [-0.2, -0.15) is 0 Å². The summed E-state index contributed by atoms with van der Waals surface area (Å²) < 4.78 is 10.6. The molecule has 0 radical (unpaired) electrons. The number of alkyl carbamates (subject to hydrolysis) is 1. The number of ether oxygens (including phenoxy) is 2. The van der Waals surface area contributed by atoms with E-state index in [9.17, 15) is 9.90 Å². The molecule has 17 heavy (non-hydrogen) atoms. The Balaban J connectivity index is 2.46. The summed E-state index contributed by atoms with van der Waals surface area (Å²) in [6.07, 6.45) is 3.85. The second-order valence-electron chi connectivity index (χ2n) is 5.01. The second kappa shape index (κ2) is 6.02. The molecule has 0 saturated carbocycles. The molecule has 0 spiro atoms. The van der Waals surface area contributed by atoms with Crippen molar-refractivity contribution >= 4 is 6.09 Å². The fourth-order valence-electron chi connectivity index (χ4n) is 1.54. The Kier molecular flexibility index (Phi) is 4.96. The number of aliphatic hydroxyl groups excluding tert-OH is 1. The lowest BCUT2D eigenvalue weighted by atomic mass is 10.1. The van der Waals surface area contributed by atoms with Crippen LogP contribution in [-0.2, 0) is 9.47 Å². The minimum Gasteiger partial charge on any atom is -0.444 e. The van der Waals surface area contributed by atoms with Gasteiger partial charge < -0.3 is 19.9 Å². The van der Waals surface area contributed by atoms with Gasteiger partial charge in [0, 0.05) is 0 Å². The highest BCUT2D eigenvalue weighted by Gasteiger charge is 2.26. The lowest BCUT2D eigenvalue weighted by Crippen LogP contribution is -2.48. The Morgan fingerprint density at radius 3 is 2.76 bits per heavy atom. The van der Waals surface area contributed by atoms with Gasteiger partial charge in [0.2, 0.25) is 0 Å². The van der Waals surface area contributed by atoms with E-state index in [1.807, 2.05) is 12.2 Å². The number of carbonyl (C=O) groups excluding carboxylic acids is 1. The summed E-state index contributed by atoms with van der Waals surface area (Å²) in [6, 6.07) is -0.435. The van der Waals surface area contributed by atoms with Gasteiger partial charge in [0.15, 0.2) is 0 Å². The molecule has 1 heterocycles. The van der Waals surface area contributed by atoms with E-state index in [4.69, 9.17) is 9.47 Å². The minimum atomic E-state index is -0.544. The first-order valence-corrected chi connectivity index (χ1v) is 5.79. The third-order valence-corrected chi connectivity index (χ3v) is 2.29. The highest BCUT2D eigenvalue weighted by Crippen LogP contribution is 2.12. The Labute approximate surface area is 102 Å². The monoisotopic (exact) mass is 243 g/mol. The van der Waals surface area contributed by atoms with Crippen LogP contribution < -0.4 is 5.32 Å². The Hall–Kier alpha value is -1.07. The normalized spacial score (nSPS) is 22.0. The second-order valence-corrected chi connectivity index (χ2v) is 5.01. The number of hydrogen-bond acceptors (Lipinski definition) is 4. The Morgan fingerprint density at radius 1 is 1.59 bits per heavy atom. The van der Waals surface area contributed by atoms with Crippen LogP contribution >= 0.6 is 0 Å². The summed E-state index contributed by atoms with van der Waals surface area (Å²) in [5, 5.41) is 11.9. The minimum absolute atomic E-state index is 0.169. The molecule has 0 fully saturated rings. The maximum absolute atomic E-state index is 11.6. The SMILES string of the molecule is CC(C)(C)OC(=O)N[C@H](CO)[C@@H]1CC=CCO1. The lowest BCUT2D eigenvalue weighted by molar-refractivity contribution is 0.00838. The molecule has 98 valence electrons. The topological polar surface area (TPSA) is 67.8 Å². The number of aliphatic hydroxyl groups is 1. The molecule has 0 saturated heterocycles. The molecule has 5 nitrogen and oxygen atoms in total. The van der Waals surface area contributed by atoms with Crippen LogP contribution in [0.25, 0.3) is 0 Å². The Bertz CT molecular complexity index is 283. The number of nitrogens with one attached hydrogen (secondary N) is 1. The fraction of sp³-hybridized carbons (Fsp3) is 0.750. The molecule has 0 aromatic carbocycles. The molecule has 1 aliphatic heterocycles. The first-order valence-electron chi connectivity index (χ1n) is 5.79. The van der Waals surface area contributed by atoms with Gasteiger partial charge in [-0.05, 0) is 27.2 Å². The quantitative estimate of drug-likeness (QED) is 0.731. The van der Waals surface area contributed by atoms with E-state index in [1.54, 1.807) is 20.8 Å². The van der Waals surface area contributed by atoms with E-state index in [1.165, 1.54) is 0 Å². The molecule has 0 aliphatic carbocycles. The highest BCUT2D eigenvalue weighted by atomic mass is 16.6. The predicted octanol–water partition coefficient (Wildman–Crippen LogP) is 1.22. The van der Waals surface area contributed by atoms with E-state index in [0.29, 0.717) is 13.0 Å². The average Bonchev–Trinajstić information content (AvgIpc) is 2.24. The van der Waals surface area contributed by atoms with Gasteiger partial charge in [-0.15, -0.1) is 0 Å². The summed E-state index contributed by atoms with van der Waals surface area (Å²) in [4.78, 5) is 11.6. The zero-order valence-electron chi connectivity index (χ0n) is 10.6. The van der Waals surface area contributed by atoms with E-state index >= 15 is 0 Å². The van der Waals surface area contributed by atoms with E-state index in [2.05, 4.69) is 5.32 Å². The molecule has 2 N–H and O–H groups in total. The van der Waals surface area contributed by atoms with Crippen molar-refractivity contribution in [3.8, 4) is 0 Å². The van der Waals surface area contributed by atoms with Crippen LogP contribution in [0.1, 0.15) is 27.2 Å². The van der Waals surface area contributed by atoms with E-state index in [-0.39, 0.29) is 12.7 Å². The van der Waals surface area contributed by atoms with Crippen LogP contribution in [-0.4, -0.2) is 42.2 Å². The zero-order valence-corrected chi connectivity index (χ0v) is 10.6. The standard InChI is InChI=1S/C12H21NO4/c1-12(2,3)17-11(15)13-9(8-14)10-6-4-5-7-16-10/h4-5,9-10,14H,6-8H2,1-3H3,(H,13,15)/t9-,10+/m1/s1. The molecule has 5 heteroatoms. The molecule has 1 aliphatic rings. The predicted molar refractivity (Wildman–Crippen MR) is 63.7 cm³/mol. The van der Waals surface area contributed by atoms with Crippen LogP contribution in [0.4, 0.5) is 4.79 Å². The highest BCUT2D eigenvalue weighted by molar-refractivity contribution is 5.68. The van der Waals surface area contributed by atoms with Crippen molar-refractivity contribution < 1.29 is 19.4 Å². The first-order chi connectivity index (χ1) is 7.92. The van der Waals surface area contributed by atoms with Crippen molar-refractivity contribution in [3.63, 3.8) is 0 Å². The molecule has 1 amide bonds. The third-order valence-electron chi connectivity index (χ3n) is 2.29. The largest absolute Gasteiger partial charge is 0.444 e. The number of hydrogen-bond donors (Lipinski definition) is 2. The summed E-state index contributed by atoms with van der Waals surface area (Å²) in [6.45, 7) is 5.72. The van der Waals surface area contributed by atoms with Gasteiger partial charge >= 0.3 is 6.09 Å². The van der Waals surface area contributed by atoms with Crippen molar-refractivity contribution in [3.05, 3.63) is 12.2 Å². The molecular weight excluding hydrogens is 222 g/mol.